The topological polar surface area (TPSA) is 30.9 Å². The average Bonchev–Trinajstić information content (AvgIpc) is 3.05. The maximum atomic E-state index is 4.44. The summed E-state index contributed by atoms with van der Waals surface area (Å²) >= 11 is 3.78. The molecule has 0 atom stereocenters. The highest BCUT2D eigenvalue weighted by Crippen LogP contribution is 2.13. The minimum absolute atomic E-state index is 1.03. The van der Waals surface area contributed by atoms with Crippen molar-refractivity contribution >= 4 is 29.1 Å². The van der Waals surface area contributed by atoms with Crippen molar-refractivity contribution in [2.24, 2.45) is 4.99 Å². The lowest BCUT2D eigenvalue weighted by atomic mass is 10.3. The predicted molar refractivity (Wildman–Crippen MR) is 100 cm³/mol. The number of aliphatic imine (C=N–C) groups is 1. The van der Waals surface area contributed by atoms with E-state index in [4.69, 9.17) is 0 Å². The minimum atomic E-state index is 1.03. The molecule has 22 heavy (non-hydrogen) atoms. The lowest BCUT2D eigenvalue weighted by Gasteiger charge is -2.36. The lowest BCUT2D eigenvalue weighted by molar-refractivity contribution is 0.174. The number of hydrogen-bond acceptors (Lipinski definition) is 4. The fraction of sp³-hybridized carbons (Fsp3) is 0.688. The van der Waals surface area contributed by atoms with Gasteiger partial charge in [-0.3, -0.25) is 9.89 Å². The first kappa shape index (κ1) is 17.6. The van der Waals surface area contributed by atoms with Gasteiger partial charge in [0.1, 0.15) is 0 Å². The van der Waals surface area contributed by atoms with Gasteiger partial charge in [0.2, 0.25) is 0 Å². The minimum Gasteiger partial charge on any atom is -0.356 e. The second-order valence-corrected chi connectivity index (χ2v) is 7.53. The molecule has 2 heterocycles. The van der Waals surface area contributed by atoms with Crippen LogP contribution in [0.3, 0.4) is 0 Å². The Hall–Kier alpha value is -0.720. The van der Waals surface area contributed by atoms with E-state index in [9.17, 15) is 0 Å². The monoisotopic (exact) mass is 340 g/mol. The summed E-state index contributed by atoms with van der Waals surface area (Å²) < 4.78 is 0. The zero-order valence-electron chi connectivity index (χ0n) is 13.8. The first-order valence-corrected chi connectivity index (χ1v) is 10.3. The molecule has 2 rings (SSSR count). The highest BCUT2D eigenvalue weighted by Gasteiger charge is 2.19. The number of piperazine rings is 1. The van der Waals surface area contributed by atoms with Gasteiger partial charge in [-0.25, -0.2) is 0 Å². The zero-order chi connectivity index (χ0) is 15.6. The van der Waals surface area contributed by atoms with Gasteiger partial charge in [0, 0.05) is 51.2 Å². The predicted octanol–water partition coefficient (Wildman–Crippen LogP) is 2.58. The number of thiophene rings is 1. The van der Waals surface area contributed by atoms with E-state index in [-0.39, 0.29) is 0 Å². The number of rotatable bonds is 7. The molecule has 1 fully saturated rings. The molecule has 1 saturated heterocycles. The van der Waals surface area contributed by atoms with Gasteiger partial charge in [-0.1, -0.05) is 6.07 Å². The fourth-order valence-electron chi connectivity index (χ4n) is 2.64. The third kappa shape index (κ3) is 5.82. The Morgan fingerprint density at radius 2 is 2.14 bits per heavy atom. The van der Waals surface area contributed by atoms with Crippen LogP contribution in [0, 0.1) is 0 Å². The molecule has 1 aliphatic rings. The van der Waals surface area contributed by atoms with Gasteiger partial charge in [-0.05, 0) is 36.3 Å². The van der Waals surface area contributed by atoms with Gasteiger partial charge in [0.15, 0.2) is 5.96 Å². The molecule has 1 aliphatic heterocycles. The van der Waals surface area contributed by atoms with Crippen molar-refractivity contribution in [2.45, 2.75) is 19.4 Å². The molecule has 0 bridgehead atoms. The summed E-state index contributed by atoms with van der Waals surface area (Å²) in [5.41, 5.74) is 0. The molecule has 0 amide bonds. The van der Waals surface area contributed by atoms with Crippen molar-refractivity contribution in [3.8, 4) is 0 Å². The van der Waals surface area contributed by atoms with Gasteiger partial charge in [0.25, 0.3) is 0 Å². The summed E-state index contributed by atoms with van der Waals surface area (Å²) in [6.45, 7) is 6.48. The molecular formula is C16H28N4S2. The van der Waals surface area contributed by atoms with Crippen LogP contribution in [0.4, 0.5) is 0 Å². The smallest absolute Gasteiger partial charge is 0.193 e. The molecule has 124 valence electrons. The molecule has 6 heteroatoms. The van der Waals surface area contributed by atoms with Crippen LogP contribution in [0.25, 0.3) is 0 Å². The van der Waals surface area contributed by atoms with Crippen LogP contribution in [0.2, 0.25) is 0 Å². The second kappa shape index (κ2) is 10.1. The molecule has 4 nitrogen and oxygen atoms in total. The van der Waals surface area contributed by atoms with E-state index in [1.54, 1.807) is 0 Å². The maximum absolute atomic E-state index is 4.44. The molecule has 1 aromatic rings. The van der Waals surface area contributed by atoms with Crippen molar-refractivity contribution in [3.05, 3.63) is 22.4 Å². The van der Waals surface area contributed by atoms with Crippen molar-refractivity contribution in [2.75, 3.05) is 51.8 Å². The lowest BCUT2D eigenvalue weighted by Crippen LogP contribution is -2.52. The average molecular weight is 341 g/mol. The Labute approximate surface area is 143 Å². The quantitative estimate of drug-likeness (QED) is 0.470. The van der Waals surface area contributed by atoms with Crippen molar-refractivity contribution in [1.29, 1.82) is 0 Å². The molecule has 0 unspecified atom stereocenters. The number of nitrogens with zero attached hydrogens (tertiary/aromatic N) is 3. The van der Waals surface area contributed by atoms with E-state index in [1.165, 1.54) is 23.5 Å². The number of thioether (sulfide) groups is 1. The van der Waals surface area contributed by atoms with Crippen LogP contribution in [0.15, 0.2) is 22.5 Å². The van der Waals surface area contributed by atoms with E-state index in [1.807, 2.05) is 30.1 Å². The summed E-state index contributed by atoms with van der Waals surface area (Å²) in [7, 11) is 1.89. The van der Waals surface area contributed by atoms with Crippen molar-refractivity contribution in [3.63, 3.8) is 0 Å². The third-order valence-corrected chi connectivity index (χ3v) is 5.46. The molecule has 0 radical (unpaired) electrons. The van der Waals surface area contributed by atoms with E-state index < -0.39 is 0 Å². The van der Waals surface area contributed by atoms with Gasteiger partial charge >= 0.3 is 0 Å². The second-order valence-electron chi connectivity index (χ2n) is 5.52. The van der Waals surface area contributed by atoms with Crippen LogP contribution in [-0.4, -0.2) is 67.5 Å². The molecule has 0 saturated carbocycles. The molecule has 1 aromatic heterocycles. The number of hydrogen-bond donors (Lipinski definition) is 1. The van der Waals surface area contributed by atoms with Crippen LogP contribution in [0.1, 0.15) is 17.7 Å². The standard InChI is InChI=1S/C16H28N4S2/c1-17-16(18-7-3-4-12-21-2)20-10-8-19(9-11-20)14-15-6-5-13-22-15/h5-6,13H,3-4,7-12,14H2,1-2H3,(H,17,18). The van der Waals surface area contributed by atoms with E-state index in [2.05, 4.69) is 43.9 Å². The van der Waals surface area contributed by atoms with Crippen molar-refractivity contribution < 1.29 is 0 Å². The van der Waals surface area contributed by atoms with Gasteiger partial charge in [-0.15, -0.1) is 11.3 Å². The Kier molecular flexibility index (Phi) is 8.12. The molecular weight excluding hydrogens is 312 g/mol. The van der Waals surface area contributed by atoms with Crippen LogP contribution in [-0.2, 0) is 6.54 Å². The number of nitrogens with one attached hydrogen (secondary N) is 1. The summed E-state index contributed by atoms with van der Waals surface area (Å²) in [5, 5.41) is 5.67. The summed E-state index contributed by atoms with van der Waals surface area (Å²) in [6, 6.07) is 4.37. The first-order chi connectivity index (χ1) is 10.8. The molecule has 1 N–H and O–H groups in total. The van der Waals surface area contributed by atoms with Crippen LogP contribution in [0.5, 0.6) is 0 Å². The van der Waals surface area contributed by atoms with Gasteiger partial charge in [0.05, 0.1) is 0 Å². The molecule has 0 spiro atoms. The van der Waals surface area contributed by atoms with Crippen molar-refractivity contribution in [1.82, 2.24) is 15.1 Å². The maximum Gasteiger partial charge on any atom is 0.193 e. The van der Waals surface area contributed by atoms with Crippen LogP contribution < -0.4 is 5.32 Å². The fourth-order valence-corrected chi connectivity index (χ4v) is 3.88. The Morgan fingerprint density at radius 3 is 2.77 bits per heavy atom. The van der Waals surface area contributed by atoms with E-state index in [0.717, 1.165) is 45.2 Å². The SMILES string of the molecule is CN=C(NCCCCSC)N1CCN(Cc2cccs2)CC1. The first-order valence-electron chi connectivity index (χ1n) is 8.02. The zero-order valence-corrected chi connectivity index (χ0v) is 15.4. The molecule has 0 aliphatic carbocycles. The van der Waals surface area contributed by atoms with Gasteiger partial charge in [-0.2, -0.15) is 11.8 Å². The Bertz CT molecular complexity index is 425. The van der Waals surface area contributed by atoms with E-state index in [0.29, 0.717) is 0 Å². The third-order valence-electron chi connectivity index (χ3n) is 3.90. The van der Waals surface area contributed by atoms with Gasteiger partial charge < -0.3 is 10.2 Å². The highest BCUT2D eigenvalue weighted by atomic mass is 32.2. The largest absolute Gasteiger partial charge is 0.356 e. The summed E-state index contributed by atoms with van der Waals surface area (Å²) in [6.07, 6.45) is 4.67. The normalized spacial score (nSPS) is 17.0. The Balaban J connectivity index is 1.67. The van der Waals surface area contributed by atoms with E-state index >= 15 is 0 Å². The summed E-state index contributed by atoms with van der Waals surface area (Å²) in [5.74, 6) is 2.32. The number of guanidine groups is 1. The Morgan fingerprint density at radius 1 is 1.32 bits per heavy atom. The van der Waals surface area contributed by atoms with Crippen LogP contribution >= 0.6 is 23.1 Å². The highest BCUT2D eigenvalue weighted by molar-refractivity contribution is 7.98. The number of unbranched alkanes of at least 4 members (excludes halogenated alkanes) is 1. The summed E-state index contributed by atoms with van der Waals surface area (Å²) in [4.78, 5) is 10.8. The molecule has 0 aromatic carbocycles.